The Hall–Kier alpha value is -2.73. The van der Waals surface area contributed by atoms with Gasteiger partial charge in [0.25, 0.3) is 5.91 Å². The fraction of sp³-hybridized carbons (Fsp3) is 0.536. The summed E-state index contributed by atoms with van der Waals surface area (Å²) in [6, 6.07) is 10.1. The van der Waals surface area contributed by atoms with E-state index in [0.29, 0.717) is 18.3 Å². The van der Waals surface area contributed by atoms with Crippen LogP contribution in [0, 0.1) is 0 Å². The van der Waals surface area contributed by atoms with Crippen LogP contribution in [0.1, 0.15) is 74.5 Å². The Morgan fingerprint density at radius 3 is 2.65 bits per heavy atom. The van der Waals surface area contributed by atoms with Crippen LogP contribution < -0.4 is 10.1 Å². The molecule has 1 aromatic heterocycles. The van der Waals surface area contributed by atoms with Crippen molar-refractivity contribution in [2.75, 3.05) is 26.7 Å². The third kappa shape index (κ3) is 6.66. The van der Waals surface area contributed by atoms with Crippen molar-refractivity contribution in [1.82, 2.24) is 20.4 Å². The number of nitrogens with one attached hydrogen (secondary N) is 1. The van der Waals surface area contributed by atoms with Crippen molar-refractivity contribution in [1.29, 1.82) is 0 Å². The highest BCUT2D eigenvalue weighted by Crippen LogP contribution is 2.28. The third-order valence-corrected chi connectivity index (χ3v) is 6.87. The van der Waals surface area contributed by atoms with Crippen LogP contribution >= 0.6 is 0 Å². The normalized spacial score (nSPS) is 17.3. The lowest BCUT2D eigenvalue weighted by atomic mass is 9.97. The van der Waals surface area contributed by atoms with Crippen LogP contribution in [0.3, 0.4) is 0 Å². The summed E-state index contributed by atoms with van der Waals surface area (Å²) in [6.45, 7) is 4.69. The molecule has 6 nitrogen and oxygen atoms in total. The molecule has 1 fully saturated rings. The number of amides is 1. The van der Waals surface area contributed by atoms with Crippen LogP contribution in [0.5, 0.6) is 5.75 Å². The van der Waals surface area contributed by atoms with Crippen molar-refractivity contribution in [2.24, 2.45) is 0 Å². The molecule has 2 aliphatic rings. The molecule has 1 aromatic carbocycles. The number of unbranched alkanes of at least 4 members (excludes halogenated alkanes) is 1. The number of aromatic nitrogens is 2. The molecule has 0 radical (unpaired) electrons. The number of aryl methyl sites for hydroxylation is 1. The first-order chi connectivity index (χ1) is 16.6. The monoisotopic (exact) mass is 462 g/mol. The van der Waals surface area contributed by atoms with Gasteiger partial charge in [0.2, 0.25) is 0 Å². The Bertz CT molecular complexity index is 980. The maximum atomic E-state index is 12.9. The Balaban J connectivity index is 1.48. The van der Waals surface area contributed by atoms with Crippen molar-refractivity contribution >= 4 is 5.91 Å². The van der Waals surface area contributed by atoms with Crippen molar-refractivity contribution in [3.63, 3.8) is 0 Å². The van der Waals surface area contributed by atoms with Gasteiger partial charge in [-0.05, 0) is 75.8 Å². The number of likely N-dealkylation sites (N-methyl/N-ethyl adjacent to an activating group) is 1. The first-order valence-electron chi connectivity index (χ1n) is 12.9. The lowest BCUT2D eigenvalue weighted by molar-refractivity contribution is 0.0950. The van der Waals surface area contributed by atoms with E-state index in [1.807, 2.05) is 18.2 Å². The molecule has 2 heterocycles. The molecular weight excluding hydrogens is 424 g/mol. The van der Waals surface area contributed by atoms with Crippen LogP contribution in [0.25, 0.3) is 11.1 Å². The summed E-state index contributed by atoms with van der Waals surface area (Å²) in [4.78, 5) is 15.1. The number of hydrogen-bond donors (Lipinski definition) is 1. The summed E-state index contributed by atoms with van der Waals surface area (Å²) in [5.74, 6) is 0.741. The highest BCUT2D eigenvalue weighted by molar-refractivity contribution is 5.93. The molecule has 2 aromatic rings. The van der Waals surface area contributed by atoms with Gasteiger partial charge in [0, 0.05) is 25.2 Å². The zero-order chi connectivity index (χ0) is 23.8. The number of carbonyl (C=O) groups excluding carboxylic acids is 1. The summed E-state index contributed by atoms with van der Waals surface area (Å²) in [6.07, 6.45) is 12.6. The fourth-order valence-corrected chi connectivity index (χ4v) is 4.65. The number of ether oxygens (including phenoxy) is 1. The van der Waals surface area contributed by atoms with Crippen LogP contribution in [-0.4, -0.2) is 53.8 Å². The van der Waals surface area contributed by atoms with Crippen molar-refractivity contribution in [3.8, 4) is 16.9 Å². The van der Waals surface area contributed by atoms with E-state index in [9.17, 15) is 4.79 Å². The highest BCUT2D eigenvalue weighted by Gasteiger charge is 2.17. The SMILES string of the molecule is CCCCc1nnc(C(=O)NCC2=CCN(C)CC2)cc1-c1ccc(OC2CCCCC2)cc1. The molecule has 0 spiro atoms. The molecule has 182 valence electrons. The van der Waals surface area contributed by atoms with Gasteiger partial charge in [-0.25, -0.2) is 0 Å². The molecule has 1 aliphatic carbocycles. The Morgan fingerprint density at radius 1 is 1.15 bits per heavy atom. The van der Waals surface area contributed by atoms with E-state index in [2.05, 4.69) is 52.6 Å². The predicted octanol–water partition coefficient (Wildman–Crippen LogP) is 5.19. The average molecular weight is 463 g/mol. The number of rotatable bonds is 9. The molecule has 1 amide bonds. The summed E-state index contributed by atoms with van der Waals surface area (Å²) in [5.41, 5.74) is 4.61. The minimum Gasteiger partial charge on any atom is -0.490 e. The van der Waals surface area contributed by atoms with Crippen LogP contribution in [-0.2, 0) is 6.42 Å². The van der Waals surface area contributed by atoms with Gasteiger partial charge in [0.05, 0.1) is 11.8 Å². The molecule has 1 N–H and O–H groups in total. The summed E-state index contributed by atoms with van der Waals surface area (Å²) in [7, 11) is 2.11. The van der Waals surface area contributed by atoms with E-state index in [0.717, 1.165) is 74.2 Å². The van der Waals surface area contributed by atoms with Gasteiger partial charge < -0.3 is 15.0 Å². The van der Waals surface area contributed by atoms with E-state index >= 15 is 0 Å². The molecule has 0 atom stereocenters. The molecule has 0 unspecified atom stereocenters. The number of nitrogens with zero attached hydrogens (tertiary/aromatic N) is 3. The van der Waals surface area contributed by atoms with Gasteiger partial charge in [-0.15, -0.1) is 5.10 Å². The number of carbonyl (C=O) groups is 1. The number of benzene rings is 1. The Morgan fingerprint density at radius 2 is 1.94 bits per heavy atom. The van der Waals surface area contributed by atoms with E-state index in [4.69, 9.17) is 4.74 Å². The summed E-state index contributed by atoms with van der Waals surface area (Å²) < 4.78 is 6.20. The molecule has 6 heteroatoms. The van der Waals surface area contributed by atoms with Gasteiger partial charge in [-0.2, -0.15) is 5.10 Å². The molecule has 0 bridgehead atoms. The third-order valence-electron chi connectivity index (χ3n) is 6.87. The quantitative estimate of drug-likeness (QED) is 0.520. The Labute approximate surface area is 203 Å². The number of hydrogen-bond acceptors (Lipinski definition) is 5. The van der Waals surface area contributed by atoms with E-state index in [1.54, 1.807) is 0 Å². The minimum absolute atomic E-state index is 0.173. The molecule has 34 heavy (non-hydrogen) atoms. The zero-order valence-corrected chi connectivity index (χ0v) is 20.7. The molecule has 0 saturated heterocycles. The summed E-state index contributed by atoms with van der Waals surface area (Å²) in [5, 5.41) is 11.8. The zero-order valence-electron chi connectivity index (χ0n) is 20.7. The van der Waals surface area contributed by atoms with E-state index in [1.165, 1.54) is 24.8 Å². The molecular formula is C28H38N4O2. The Kier molecular flexibility index (Phi) is 8.69. The van der Waals surface area contributed by atoms with Crippen molar-refractivity contribution in [2.45, 2.75) is 70.8 Å². The van der Waals surface area contributed by atoms with Crippen molar-refractivity contribution < 1.29 is 9.53 Å². The second-order valence-electron chi connectivity index (χ2n) is 9.65. The first kappa shape index (κ1) is 24.4. The van der Waals surface area contributed by atoms with Crippen LogP contribution in [0.4, 0.5) is 0 Å². The molecule has 4 rings (SSSR count). The van der Waals surface area contributed by atoms with Gasteiger partial charge >= 0.3 is 0 Å². The fourth-order valence-electron chi connectivity index (χ4n) is 4.65. The largest absolute Gasteiger partial charge is 0.490 e. The topological polar surface area (TPSA) is 67.4 Å². The van der Waals surface area contributed by atoms with Gasteiger partial charge in [0.15, 0.2) is 5.69 Å². The van der Waals surface area contributed by atoms with Crippen molar-refractivity contribution in [3.05, 3.63) is 53.4 Å². The van der Waals surface area contributed by atoms with Crippen LogP contribution in [0.15, 0.2) is 42.0 Å². The van der Waals surface area contributed by atoms with Gasteiger partial charge in [-0.1, -0.05) is 43.5 Å². The van der Waals surface area contributed by atoms with Gasteiger partial charge in [0.1, 0.15) is 5.75 Å². The second kappa shape index (κ2) is 12.1. The lowest BCUT2D eigenvalue weighted by Gasteiger charge is -2.23. The maximum absolute atomic E-state index is 12.9. The van der Waals surface area contributed by atoms with E-state index in [-0.39, 0.29) is 5.91 Å². The first-order valence-corrected chi connectivity index (χ1v) is 12.9. The predicted molar refractivity (Wildman–Crippen MR) is 136 cm³/mol. The van der Waals surface area contributed by atoms with Crippen LogP contribution in [0.2, 0.25) is 0 Å². The maximum Gasteiger partial charge on any atom is 0.272 e. The highest BCUT2D eigenvalue weighted by atomic mass is 16.5. The molecule has 1 saturated carbocycles. The lowest BCUT2D eigenvalue weighted by Crippen LogP contribution is -2.31. The smallest absolute Gasteiger partial charge is 0.272 e. The van der Waals surface area contributed by atoms with E-state index < -0.39 is 0 Å². The standard InChI is InChI=1S/C28H38N4O2/c1-3-4-10-26-25(22-11-13-24(14-12-22)34-23-8-6-5-7-9-23)19-27(31-30-26)28(33)29-20-21-15-17-32(2)18-16-21/h11-15,19,23H,3-10,16-18,20H2,1-2H3,(H,29,33). The minimum atomic E-state index is -0.173. The average Bonchev–Trinajstić information content (AvgIpc) is 2.88. The second-order valence-corrected chi connectivity index (χ2v) is 9.65. The van der Waals surface area contributed by atoms with Gasteiger partial charge in [-0.3, -0.25) is 4.79 Å². The summed E-state index contributed by atoms with van der Waals surface area (Å²) >= 11 is 0. The molecule has 1 aliphatic heterocycles.